The Morgan fingerprint density at radius 2 is 1.43 bits per heavy atom. The van der Waals surface area contributed by atoms with Gasteiger partial charge in [0.1, 0.15) is 25.6 Å². The maximum Gasteiger partial charge on any atom is 0.509 e. The average Bonchev–Trinajstić information content (AvgIpc) is 3.83. The number of rotatable bonds is 8. The summed E-state index contributed by atoms with van der Waals surface area (Å²) >= 11 is 0. The molecule has 2 N–H and O–H groups in total. The van der Waals surface area contributed by atoms with E-state index in [-0.39, 0.29) is 31.0 Å². The molecule has 0 amide bonds. The van der Waals surface area contributed by atoms with E-state index in [1.54, 1.807) is 18.2 Å². The topological polar surface area (TPSA) is 131 Å². The van der Waals surface area contributed by atoms with E-state index in [0.717, 1.165) is 6.61 Å². The number of carbonyl (C=O) groups excluding carboxylic acids is 1. The molecule has 0 aliphatic carbocycles. The summed E-state index contributed by atoms with van der Waals surface area (Å²) in [6.07, 6.45) is 10.0. The maximum absolute atomic E-state index is 10.1. The zero-order chi connectivity index (χ0) is 33.8. The van der Waals surface area contributed by atoms with Gasteiger partial charge in [0.15, 0.2) is 11.9 Å². The summed E-state index contributed by atoms with van der Waals surface area (Å²) in [5, 5.41) is 16.3. The van der Waals surface area contributed by atoms with Gasteiger partial charge in [-0.15, -0.1) is 32.9 Å². The Balaban J connectivity index is 0. The second-order valence-corrected chi connectivity index (χ2v) is 9.81. The lowest BCUT2D eigenvalue weighted by Gasteiger charge is -2.19. The standard InChI is InChI=1S/C7H12O2.C6H10O2.C6H12.C5H6O3.C5H8O2.C4H8O2/c1-4-6-5-8-7(2,3)9-6;1-2-6-5-7-3-4-8-6;1-4-6(3)5-2;1-2-4-3-7-5(6)8-4;1-2-5-3-6-4-7-5;1-2-4(6)3-5/h4,6H,1,5H2,2-3H3;2,6H,1,3-5H2;4,6H,1,5H2,2-3H3;2,4H,1,3H2;2,5H,1,3-4H2;2,4-6H,1,3H2. The minimum Gasteiger partial charge on any atom is -0.430 e. The van der Waals surface area contributed by atoms with Crippen LogP contribution in [0.1, 0.15) is 34.1 Å². The van der Waals surface area contributed by atoms with Gasteiger partial charge in [0.25, 0.3) is 0 Å². The summed E-state index contributed by atoms with van der Waals surface area (Å²) in [6.45, 7) is 33.0. The van der Waals surface area contributed by atoms with Crippen molar-refractivity contribution in [1.29, 1.82) is 0 Å². The average molecular weight is 629 g/mol. The number of hydrogen-bond donors (Lipinski definition) is 2. The Morgan fingerprint density at radius 1 is 0.841 bits per heavy atom. The van der Waals surface area contributed by atoms with Crippen LogP contribution in [0.4, 0.5) is 4.79 Å². The number of carbonyl (C=O) groups is 1. The third-order valence-electron chi connectivity index (χ3n) is 5.69. The second kappa shape index (κ2) is 27.9. The first-order chi connectivity index (χ1) is 20.9. The molecule has 0 aromatic carbocycles. The van der Waals surface area contributed by atoms with E-state index in [1.807, 2.05) is 19.9 Å². The molecular weight excluding hydrogens is 572 g/mol. The number of cyclic esters (lactones) is 2. The van der Waals surface area contributed by atoms with Crippen LogP contribution in [0.5, 0.6) is 0 Å². The number of aliphatic hydroxyl groups is 2. The first-order valence-corrected chi connectivity index (χ1v) is 14.5. The Morgan fingerprint density at radius 3 is 1.64 bits per heavy atom. The van der Waals surface area contributed by atoms with Crippen LogP contribution in [0.3, 0.4) is 0 Å². The molecule has 6 atom stereocenters. The lowest BCUT2D eigenvalue weighted by molar-refractivity contribution is -0.133. The second-order valence-electron chi connectivity index (χ2n) is 9.81. The van der Waals surface area contributed by atoms with Crippen LogP contribution in [0, 0.1) is 5.92 Å². The fourth-order valence-corrected chi connectivity index (χ4v) is 2.66. The van der Waals surface area contributed by atoms with Crippen molar-refractivity contribution in [2.45, 2.75) is 70.4 Å². The van der Waals surface area contributed by atoms with Crippen molar-refractivity contribution in [3.63, 3.8) is 0 Å². The van der Waals surface area contributed by atoms with Gasteiger partial charge in [-0.1, -0.05) is 57.2 Å². The van der Waals surface area contributed by atoms with Crippen LogP contribution >= 0.6 is 0 Å². The molecule has 4 aliphatic rings. The predicted octanol–water partition coefficient (Wildman–Crippen LogP) is 4.91. The predicted molar refractivity (Wildman–Crippen MR) is 171 cm³/mol. The third-order valence-corrected chi connectivity index (χ3v) is 5.69. The molecule has 254 valence electrons. The Kier molecular flexibility index (Phi) is 27.6. The summed E-state index contributed by atoms with van der Waals surface area (Å²) in [5.74, 6) is 0.295. The van der Waals surface area contributed by atoms with Gasteiger partial charge in [0, 0.05) is 0 Å². The molecule has 0 spiro atoms. The van der Waals surface area contributed by atoms with Crippen LogP contribution in [-0.2, 0) is 37.9 Å². The molecule has 44 heavy (non-hydrogen) atoms. The first-order valence-electron chi connectivity index (χ1n) is 14.5. The van der Waals surface area contributed by atoms with E-state index < -0.39 is 18.0 Å². The van der Waals surface area contributed by atoms with E-state index in [4.69, 9.17) is 38.6 Å². The molecule has 6 unspecified atom stereocenters. The van der Waals surface area contributed by atoms with Crippen molar-refractivity contribution in [1.82, 2.24) is 0 Å². The van der Waals surface area contributed by atoms with E-state index >= 15 is 0 Å². The third kappa shape index (κ3) is 24.8. The smallest absolute Gasteiger partial charge is 0.430 e. The molecule has 0 radical (unpaired) electrons. The van der Waals surface area contributed by atoms with Gasteiger partial charge < -0.3 is 48.1 Å². The van der Waals surface area contributed by atoms with E-state index in [0.29, 0.717) is 45.7 Å². The van der Waals surface area contributed by atoms with Crippen molar-refractivity contribution < 1.29 is 52.9 Å². The first kappa shape index (κ1) is 43.5. The number of aliphatic hydroxyl groups excluding tert-OH is 2. The van der Waals surface area contributed by atoms with Crippen LogP contribution in [0.2, 0.25) is 0 Å². The monoisotopic (exact) mass is 628 g/mol. The lowest BCUT2D eigenvalue weighted by atomic mass is 10.1. The van der Waals surface area contributed by atoms with Crippen LogP contribution in [0.25, 0.3) is 0 Å². The van der Waals surface area contributed by atoms with E-state index in [1.165, 1.54) is 18.6 Å². The minimum atomic E-state index is -0.745. The highest BCUT2D eigenvalue weighted by Crippen LogP contribution is 2.22. The molecule has 4 saturated heterocycles. The van der Waals surface area contributed by atoms with Gasteiger partial charge in [0.2, 0.25) is 0 Å². The highest BCUT2D eigenvalue weighted by atomic mass is 16.8. The molecule has 4 fully saturated rings. The summed E-state index contributed by atoms with van der Waals surface area (Å²) in [6, 6.07) is 0. The normalized spacial score (nSPS) is 25.5. The number of hydrogen-bond acceptors (Lipinski definition) is 11. The van der Waals surface area contributed by atoms with E-state index in [2.05, 4.69) is 62.8 Å². The maximum atomic E-state index is 10.1. The highest BCUT2D eigenvalue weighted by Gasteiger charge is 2.30. The molecule has 11 heteroatoms. The minimum absolute atomic E-state index is 0.0833. The molecule has 4 rings (SSSR count). The molecule has 4 aliphatic heterocycles. The number of allylic oxidation sites excluding steroid dienone is 1. The SMILES string of the molecule is C=CC(C)CC.C=CC(O)CO.C=CC1COC(=O)O1.C=CC1COC(C)(C)O1.C=CC1COCCO1.C=CC1COCO1. The van der Waals surface area contributed by atoms with Crippen molar-refractivity contribution in [2.24, 2.45) is 5.92 Å². The molecule has 11 nitrogen and oxygen atoms in total. The largest absolute Gasteiger partial charge is 0.509 e. The van der Waals surface area contributed by atoms with Crippen LogP contribution in [0.15, 0.2) is 75.9 Å². The van der Waals surface area contributed by atoms with Gasteiger partial charge in [-0.2, -0.15) is 0 Å². The van der Waals surface area contributed by atoms with Crippen molar-refractivity contribution in [3.05, 3.63) is 75.9 Å². The van der Waals surface area contributed by atoms with Gasteiger partial charge in [-0.05, 0) is 25.8 Å². The Bertz CT molecular complexity index is 773. The van der Waals surface area contributed by atoms with Gasteiger partial charge in [-0.3, -0.25) is 0 Å². The van der Waals surface area contributed by atoms with E-state index in [9.17, 15) is 4.79 Å². The Hall–Kier alpha value is -2.61. The fourth-order valence-electron chi connectivity index (χ4n) is 2.66. The van der Waals surface area contributed by atoms with Crippen LogP contribution < -0.4 is 0 Å². The van der Waals surface area contributed by atoms with Crippen molar-refractivity contribution >= 4 is 6.16 Å². The molecule has 0 aromatic heterocycles. The van der Waals surface area contributed by atoms with Gasteiger partial charge >= 0.3 is 6.16 Å². The van der Waals surface area contributed by atoms with Crippen molar-refractivity contribution in [2.75, 3.05) is 53.0 Å². The van der Waals surface area contributed by atoms with Gasteiger partial charge in [0.05, 0.1) is 51.8 Å². The fraction of sp³-hybridized carbons (Fsp3) is 0.606. The summed E-state index contributed by atoms with van der Waals surface area (Å²) in [5.41, 5.74) is 0. The summed E-state index contributed by atoms with van der Waals surface area (Å²) < 4.78 is 39.6. The summed E-state index contributed by atoms with van der Waals surface area (Å²) in [4.78, 5) is 10.1. The van der Waals surface area contributed by atoms with Crippen LogP contribution in [-0.4, -0.2) is 106 Å². The van der Waals surface area contributed by atoms with Crippen molar-refractivity contribution in [3.8, 4) is 0 Å². The highest BCUT2D eigenvalue weighted by molar-refractivity contribution is 5.62. The molecule has 0 bridgehead atoms. The molecule has 0 saturated carbocycles. The zero-order valence-electron chi connectivity index (χ0n) is 27.1. The molecule has 4 heterocycles. The summed E-state index contributed by atoms with van der Waals surface area (Å²) in [7, 11) is 0. The lowest BCUT2D eigenvalue weighted by Crippen LogP contribution is -2.26. The van der Waals surface area contributed by atoms with Gasteiger partial charge in [-0.25, -0.2) is 4.79 Å². The Labute approximate surface area is 264 Å². The molecule has 0 aromatic rings. The molecular formula is C33H56O11. The quantitative estimate of drug-likeness (QED) is 0.281. The zero-order valence-corrected chi connectivity index (χ0v) is 27.1. The number of ether oxygens (including phenoxy) is 8.